The van der Waals surface area contributed by atoms with Crippen LogP contribution in [0.2, 0.25) is 0 Å². The third-order valence-electron chi connectivity index (χ3n) is 11.4. The van der Waals surface area contributed by atoms with E-state index in [0.29, 0.717) is 11.8 Å². The monoisotopic (exact) mass is 594 g/mol. The summed E-state index contributed by atoms with van der Waals surface area (Å²) in [6.07, 6.45) is 0. The van der Waals surface area contributed by atoms with Gasteiger partial charge in [-0.3, -0.25) is 0 Å². The molecule has 0 saturated carbocycles. The van der Waals surface area contributed by atoms with Gasteiger partial charge in [0.05, 0.1) is 0 Å². The van der Waals surface area contributed by atoms with Crippen molar-refractivity contribution in [1.29, 1.82) is 0 Å². The van der Waals surface area contributed by atoms with Crippen molar-refractivity contribution in [3.05, 3.63) is 119 Å². The zero-order valence-corrected chi connectivity index (χ0v) is 26.1. The van der Waals surface area contributed by atoms with Gasteiger partial charge in [-0.2, -0.15) is 18.3 Å². The molecule has 4 aromatic carbocycles. The maximum absolute atomic E-state index is 7.02. The van der Waals surface area contributed by atoms with Gasteiger partial charge in [-0.1, -0.05) is 52.0 Å². The first-order valence-corrected chi connectivity index (χ1v) is 16.5. The summed E-state index contributed by atoms with van der Waals surface area (Å²) >= 11 is 0. The zero-order valence-electron chi connectivity index (χ0n) is 26.1. The number of para-hydroxylation sites is 2. The van der Waals surface area contributed by atoms with E-state index in [-0.39, 0.29) is 0 Å². The normalized spacial score (nSPS) is 15.3. The van der Waals surface area contributed by atoms with Crippen LogP contribution in [0.5, 0.6) is 11.5 Å². The Bertz CT molecular complexity index is 2600. The van der Waals surface area contributed by atoms with Gasteiger partial charge in [0.15, 0.2) is 22.4 Å². The first kappa shape index (κ1) is 23.9. The summed E-state index contributed by atoms with van der Waals surface area (Å²) in [6, 6.07) is 36.6. The molecule has 4 aliphatic heterocycles. The molecular weight excluding hydrogens is 564 g/mol. The van der Waals surface area contributed by atoms with Gasteiger partial charge in [-0.05, 0) is 83.6 Å². The number of benzene rings is 4. The molecule has 4 aliphatic rings. The van der Waals surface area contributed by atoms with Crippen molar-refractivity contribution in [3.8, 4) is 34.5 Å². The summed E-state index contributed by atoms with van der Waals surface area (Å²) in [5.74, 6) is 5.05. The van der Waals surface area contributed by atoms with Crippen LogP contribution in [-0.4, -0.2) is 9.13 Å². The molecule has 8 aromatic rings. The third kappa shape index (κ3) is 2.28. The molecule has 0 saturated heterocycles. The standard InChI is InChI=1S/C41H30N4O/c1-21(2)23-17-31-32-18-24(22(3)4)20-36-43-30-12-8-6-10-26(30)28-14-16-34-38(40(28)43)41(45(32)36)37-33(46-34)15-13-27-25-9-5-7-11-29(25)42(39(27)37)35(19-23)44(31)41/h5-22H,1-4H3/q+2. The number of pyridine rings is 2. The molecule has 5 nitrogen and oxygen atoms in total. The lowest BCUT2D eigenvalue weighted by Crippen LogP contribution is -2.75. The van der Waals surface area contributed by atoms with Gasteiger partial charge in [0.25, 0.3) is 11.6 Å². The quantitative estimate of drug-likeness (QED) is 0.184. The van der Waals surface area contributed by atoms with Crippen molar-refractivity contribution in [1.82, 2.24) is 9.13 Å². The Labute approximate surface area is 265 Å². The van der Waals surface area contributed by atoms with Crippen LogP contribution in [0.4, 0.5) is 0 Å². The molecule has 5 heteroatoms. The number of ether oxygens (including phenoxy) is 1. The van der Waals surface area contributed by atoms with Gasteiger partial charge >= 0.3 is 5.66 Å². The third-order valence-corrected chi connectivity index (χ3v) is 11.4. The lowest BCUT2D eigenvalue weighted by molar-refractivity contribution is -0.934. The van der Waals surface area contributed by atoms with Crippen LogP contribution >= 0.6 is 0 Å². The molecule has 0 aliphatic carbocycles. The fourth-order valence-corrected chi connectivity index (χ4v) is 9.44. The minimum Gasteiger partial charge on any atom is -0.456 e. The van der Waals surface area contributed by atoms with E-state index in [4.69, 9.17) is 4.74 Å². The second-order valence-corrected chi connectivity index (χ2v) is 14.2. The zero-order chi connectivity index (χ0) is 30.4. The fraction of sp³-hybridized carbons (Fsp3) is 0.171. The van der Waals surface area contributed by atoms with Crippen LogP contribution in [0.15, 0.2) is 97.1 Å². The summed E-state index contributed by atoms with van der Waals surface area (Å²) < 4.78 is 17.4. The second-order valence-electron chi connectivity index (χ2n) is 14.2. The van der Waals surface area contributed by atoms with E-state index in [1.165, 1.54) is 88.9 Å². The summed E-state index contributed by atoms with van der Waals surface area (Å²) in [4.78, 5) is 0. The smallest absolute Gasteiger partial charge is 0.323 e. The second kappa shape index (κ2) is 7.34. The molecule has 8 heterocycles. The number of aromatic nitrogens is 4. The van der Waals surface area contributed by atoms with E-state index in [9.17, 15) is 0 Å². The number of nitrogens with zero attached hydrogens (tertiary/aromatic N) is 4. The highest BCUT2D eigenvalue weighted by atomic mass is 16.5. The van der Waals surface area contributed by atoms with E-state index < -0.39 is 5.66 Å². The molecule has 0 amide bonds. The Morgan fingerprint density at radius 1 is 0.543 bits per heavy atom. The van der Waals surface area contributed by atoms with Crippen LogP contribution in [0.25, 0.3) is 66.6 Å². The molecule has 218 valence electrons. The molecule has 4 aromatic heterocycles. The van der Waals surface area contributed by atoms with Crippen LogP contribution in [0.3, 0.4) is 0 Å². The highest BCUT2D eigenvalue weighted by molar-refractivity contribution is 6.14. The van der Waals surface area contributed by atoms with Gasteiger partial charge in [0, 0.05) is 33.7 Å². The molecule has 0 bridgehead atoms. The van der Waals surface area contributed by atoms with Crippen molar-refractivity contribution >= 4 is 43.6 Å². The maximum atomic E-state index is 7.02. The number of hydrogen-bond donors (Lipinski definition) is 0. The highest BCUT2D eigenvalue weighted by Crippen LogP contribution is 2.58. The molecule has 0 atom stereocenters. The van der Waals surface area contributed by atoms with E-state index in [0.717, 1.165) is 11.5 Å². The van der Waals surface area contributed by atoms with Crippen molar-refractivity contribution in [2.24, 2.45) is 0 Å². The van der Waals surface area contributed by atoms with Crippen LogP contribution < -0.4 is 13.9 Å². The van der Waals surface area contributed by atoms with E-state index in [1.807, 2.05) is 0 Å². The first-order chi connectivity index (χ1) is 22.5. The van der Waals surface area contributed by atoms with Gasteiger partial charge in [-0.15, -0.1) is 0 Å². The Morgan fingerprint density at radius 2 is 1.00 bits per heavy atom. The molecule has 0 N–H and O–H groups in total. The SMILES string of the molecule is CC(C)c1cc2[n+]3c(c1)-n1c4ccccc4c4ccc5c(c41)C31c3c(ccc4c6ccccc6n(c34)-c3cc(C(C)C)cc-2[n+]31)O5. The van der Waals surface area contributed by atoms with Gasteiger partial charge in [0.1, 0.15) is 33.7 Å². The van der Waals surface area contributed by atoms with Gasteiger partial charge < -0.3 is 4.74 Å². The van der Waals surface area contributed by atoms with E-state index >= 15 is 0 Å². The van der Waals surface area contributed by atoms with E-state index in [2.05, 4.69) is 143 Å². The van der Waals surface area contributed by atoms with Gasteiger partial charge in [-0.25, -0.2) is 0 Å². The van der Waals surface area contributed by atoms with Crippen molar-refractivity contribution < 1.29 is 13.9 Å². The predicted molar refractivity (Wildman–Crippen MR) is 181 cm³/mol. The fourth-order valence-electron chi connectivity index (χ4n) is 9.44. The summed E-state index contributed by atoms with van der Waals surface area (Å²) in [5.41, 5.74) is 12.0. The summed E-state index contributed by atoms with van der Waals surface area (Å²) in [6.45, 7) is 9.26. The molecular formula is C41H30N4O+2. The minimum absolute atomic E-state index is 0.376. The number of fused-ring (bicyclic) bond motifs is 9. The lowest BCUT2D eigenvalue weighted by Gasteiger charge is -2.38. The predicted octanol–water partition coefficient (Wildman–Crippen LogP) is 8.71. The van der Waals surface area contributed by atoms with Crippen molar-refractivity contribution in [2.75, 3.05) is 0 Å². The van der Waals surface area contributed by atoms with Crippen LogP contribution in [0, 0.1) is 0 Å². The van der Waals surface area contributed by atoms with Crippen LogP contribution in [-0.2, 0) is 5.66 Å². The minimum atomic E-state index is -0.642. The van der Waals surface area contributed by atoms with E-state index in [1.54, 1.807) is 0 Å². The number of rotatable bonds is 2. The van der Waals surface area contributed by atoms with Crippen LogP contribution in [0.1, 0.15) is 61.8 Å². The molecule has 0 fully saturated rings. The Balaban J connectivity index is 1.45. The molecule has 0 radical (unpaired) electrons. The average Bonchev–Trinajstić information content (AvgIpc) is 3.69. The Hall–Kier alpha value is -5.42. The summed E-state index contributed by atoms with van der Waals surface area (Å²) in [5, 5.41) is 5.09. The molecule has 1 spiro atoms. The van der Waals surface area contributed by atoms with Crippen molar-refractivity contribution in [2.45, 2.75) is 45.2 Å². The lowest BCUT2D eigenvalue weighted by atomic mass is 9.82. The topological polar surface area (TPSA) is 26.8 Å². The highest BCUT2D eigenvalue weighted by Gasteiger charge is 2.69. The first-order valence-electron chi connectivity index (χ1n) is 16.5. The number of hydrogen-bond acceptors (Lipinski definition) is 1. The largest absolute Gasteiger partial charge is 0.456 e. The molecule has 12 rings (SSSR count). The Morgan fingerprint density at radius 3 is 1.46 bits per heavy atom. The maximum Gasteiger partial charge on any atom is 0.323 e. The van der Waals surface area contributed by atoms with Crippen molar-refractivity contribution in [3.63, 3.8) is 0 Å². The molecule has 46 heavy (non-hydrogen) atoms. The molecule has 0 unspecified atom stereocenters. The Kier molecular flexibility index (Phi) is 3.81. The average molecular weight is 595 g/mol. The summed E-state index contributed by atoms with van der Waals surface area (Å²) in [7, 11) is 0. The van der Waals surface area contributed by atoms with Gasteiger partial charge in [0.2, 0.25) is 0 Å².